The van der Waals surface area contributed by atoms with Crippen molar-refractivity contribution in [1.29, 1.82) is 0 Å². The van der Waals surface area contributed by atoms with E-state index in [0.29, 0.717) is 0 Å². The molecule has 0 radical (unpaired) electrons. The van der Waals surface area contributed by atoms with Crippen LogP contribution in [0.1, 0.15) is 29.5 Å². The molecule has 3 nitrogen and oxygen atoms in total. The molecule has 1 aromatic carbocycles. The first-order valence-corrected chi connectivity index (χ1v) is 5.08. The Kier molecular flexibility index (Phi) is 2.00. The Hall–Kier alpha value is -1.51. The van der Waals surface area contributed by atoms with Gasteiger partial charge >= 0.3 is 5.97 Å². The number of anilines is 1. The number of hydrogen-bond donors (Lipinski definition) is 2. The van der Waals surface area contributed by atoms with Crippen molar-refractivity contribution in [2.45, 2.75) is 32.1 Å². The summed E-state index contributed by atoms with van der Waals surface area (Å²) in [5.74, 6) is -0.717. The highest BCUT2D eigenvalue weighted by molar-refractivity contribution is 5.85. The summed E-state index contributed by atoms with van der Waals surface area (Å²) in [6, 6.07) is 3.81. The Balaban J connectivity index is 2.51. The van der Waals surface area contributed by atoms with Gasteiger partial charge in [0.1, 0.15) is 0 Å². The molecule has 1 fully saturated rings. The number of nitrogens with two attached hydrogens (primary N) is 1. The van der Waals surface area contributed by atoms with Crippen LogP contribution in [0.5, 0.6) is 0 Å². The standard InChI is InChI=1S/C12H15NO2/c1-7-5-9(6-8(2)10(7)13)12(3-4-12)11(14)15/h5-6H,3-4,13H2,1-2H3,(H,14,15). The van der Waals surface area contributed by atoms with Crippen LogP contribution in [-0.2, 0) is 10.2 Å². The minimum atomic E-state index is -0.717. The molecule has 0 amide bonds. The molecule has 0 bridgehead atoms. The third-order valence-corrected chi connectivity index (χ3v) is 3.31. The van der Waals surface area contributed by atoms with Gasteiger partial charge in [0.05, 0.1) is 5.41 Å². The zero-order chi connectivity index (χ0) is 11.2. The minimum Gasteiger partial charge on any atom is -0.481 e. The maximum absolute atomic E-state index is 11.2. The molecule has 80 valence electrons. The summed E-state index contributed by atoms with van der Waals surface area (Å²) in [6.07, 6.45) is 1.48. The number of rotatable bonds is 2. The van der Waals surface area contributed by atoms with Crippen molar-refractivity contribution in [1.82, 2.24) is 0 Å². The van der Waals surface area contributed by atoms with Crippen LogP contribution >= 0.6 is 0 Å². The second kappa shape index (κ2) is 2.99. The highest BCUT2D eigenvalue weighted by atomic mass is 16.4. The molecule has 1 aliphatic carbocycles. The van der Waals surface area contributed by atoms with E-state index in [9.17, 15) is 9.90 Å². The SMILES string of the molecule is Cc1cc(C2(C(=O)O)CC2)cc(C)c1N. The van der Waals surface area contributed by atoms with E-state index in [1.807, 2.05) is 26.0 Å². The predicted octanol–water partition coefficient (Wildman–Crippen LogP) is 2.00. The normalized spacial score (nSPS) is 17.5. The van der Waals surface area contributed by atoms with Gasteiger partial charge in [0.2, 0.25) is 0 Å². The Morgan fingerprint density at radius 3 is 2.13 bits per heavy atom. The molecule has 0 saturated heterocycles. The molecule has 15 heavy (non-hydrogen) atoms. The van der Waals surface area contributed by atoms with Gasteiger partial charge in [-0.15, -0.1) is 0 Å². The van der Waals surface area contributed by atoms with Crippen molar-refractivity contribution in [3.63, 3.8) is 0 Å². The fraction of sp³-hybridized carbons (Fsp3) is 0.417. The topological polar surface area (TPSA) is 63.3 Å². The van der Waals surface area contributed by atoms with Crippen LogP contribution in [0.15, 0.2) is 12.1 Å². The van der Waals surface area contributed by atoms with E-state index in [4.69, 9.17) is 5.73 Å². The van der Waals surface area contributed by atoms with Crippen LogP contribution < -0.4 is 5.73 Å². The van der Waals surface area contributed by atoms with Gasteiger partial charge in [0.25, 0.3) is 0 Å². The van der Waals surface area contributed by atoms with Gasteiger partial charge < -0.3 is 10.8 Å². The largest absolute Gasteiger partial charge is 0.481 e. The Morgan fingerprint density at radius 2 is 1.80 bits per heavy atom. The van der Waals surface area contributed by atoms with E-state index >= 15 is 0 Å². The third-order valence-electron chi connectivity index (χ3n) is 3.31. The lowest BCUT2D eigenvalue weighted by molar-refractivity contribution is -0.140. The fourth-order valence-electron chi connectivity index (χ4n) is 2.00. The number of nitrogen functional groups attached to an aromatic ring is 1. The van der Waals surface area contributed by atoms with Gasteiger partial charge in [-0.3, -0.25) is 4.79 Å². The molecule has 1 aliphatic rings. The zero-order valence-electron chi connectivity index (χ0n) is 9.00. The monoisotopic (exact) mass is 205 g/mol. The van der Waals surface area contributed by atoms with Crippen molar-refractivity contribution in [3.05, 3.63) is 28.8 Å². The van der Waals surface area contributed by atoms with Gasteiger partial charge in [-0.1, -0.05) is 12.1 Å². The maximum Gasteiger partial charge on any atom is 0.314 e. The van der Waals surface area contributed by atoms with Crippen molar-refractivity contribution >= 4 is 11.7 Å². The van der Waals surface area contributed by atoms with Crippen LogP contribution in [0.2, 0.25) is 0 Å². The van der Waals surface area contributed by atoms with E-state index in [-0.39, 0.29) is 0 Å². The van der Waals surface area contributed by atoms with Gasteiger partial charge in [0, 0.05) is 5.69 Å². The fourth-order valence-corrected chi connectivity index (χ4v) is 2.00. The molecule has 1 saturated carbocycles. The minimum absolute atomic E-state index is 0.622. The predicted molar refractivity (Wildman–Crippen MR) is 58.9 cm³/mol. The number of hydrogen-bond acceptors (Lipinski definition) is 2. The third kappa shape index (κ3) is 1.39. The van der Waals surface area contributed by atoms with E-state index in [1.54, 1.807) is 0 Å². The lowest BCUT2D eigenvalue weighted by Crippen LogP contribution is -2.20. The van der Waals surface area contributed by atoms with Crippen molar-refractivity contribution in [2.24, 2.45) is 0 Å². The molecule has 3 heteroatoms. The molecule has 2 rings (SSSR count). The lowest BCUT2D eigenvalue weighted by Gasteiger charge is -2.14. The molecule has 3 N–H and O–H groups in total. The summed E-state index contributed by atoms with van der Waals surface area (Å²) in [5.41, 5.74) is 8.83. The number of aliphatic carboxylic acids is 1. The van der Waals surface area contributed by atoms with Gasteiger partial charge in [-0.25, -0.2) is 0 Å². The number of carboxylic acids is 1. The molecule has 0 atom stereocenters. The van der Waals surface area contributed by atoms with E-state index in [2.05, 4.69) is 0 Å². The number of aryl methyl sites for hydroxylation is 2. The van der Waals surface area contributed by atoms with Crippen LogP contribution in [0.4, 0.5) is 5.69 Å². The molecule has 0 aliphatic heterocycles. The smallest absolute Gasteiger partial charge is 0.314 e. The molecule has 0 heterocycles. The lowest BCUT2D eigenvalue weighted by atomic mass is 9.92. The Labute approximate surface area is 88.9 Å². The van der Waals surface area contributed by atoms with Crippen LogP contribution in [0, 0.1) is 13.8 Å². The van der Waals surface area contributed by atoms with Crippen LogP contribution in [0.3, 0.4) is 0 Å². The van der Waals surface area contributed by atoms with Crippen LogP contribution in [-0.4, -0.2) is 11.1 Å². The Morgan fingerprint density at radius 1 is 1.33 bits per heavy atom. The van der Waals surface area contributed by atoms with Crippen molar-refractivity contribution < 1.29 is 9.90 Å². The first-order chi connectivity index (χ1) is 6.97. The number of carbonyl (C=O) groups is 1. The van der Waals surface area contributed by atoms with Gasteiger partial charge in [-0.2, -0.15) is 0 Å². The zero-order valence-corrected chi connectivity index (χ0v) is 9.00. The average molecular weight is 205 g/mol. The first kappa shape index (κ1) is 10.0. The van der Waals surface area contributed by atoms with Gasteiger partial charge in [0.15, 0.2) is 0 Å². The molecule has 0 spiro atoms. The van der Waals surface area contributed by atoms with E-state index < -0.39 is 11.4 Å². The summed E-state index contributed by atoms with van der Waals surface area (Å²) in [4.78, 5) is 11.2. The molecule has 1 aromatic rings. The van der Waals surface area contributed by atoms with Crippen molar-refractivity contribution in [2.75, 3.05) is 5.73 Å². The Bertz CT molecular complexity index is 410. The highest BCUT2D eigenvalue weighted by Gasteiger charge is 2.51. The van der Waals surface area contributed by atoms with E-state index in [1.165, 1.54) is 0 Å². The maximum atomic E-state index is 11.2. The summed E-state index contributed by atoms with van der Waals surface area (Å²) in [6.45, 7) is 3.84. The molecule has 0 unspecified atom stereocenters. The number of benzene rings is 1. The number of carboxylic acid groups (broad SMARTS) is 1. The average Bonchev–Trinajstić information content (AvgIpc) is 2.93. The summed E-state index contributed by atoms with van der Waals surface area (Å²) in [5, 5.41) is 9.18. The molecule has 0 aromatic heterocycles. The molecular formula is C12H15NO2. The summed E-state index contributed by atoms with van der Waals surface area (Å²) >= 11 is 0. The van der Waals surface area contributed by atoms with Gasteiger partial charge in [-0.05, 0) is 43.4 Å². The summed E-state index contributed by atoms with van der Waals surface area (Å²) < 4.78 is 0. The first-order valence-electron chi connectivity index (χ1n) is 5.08. The highest BCUT2D eigenvalue weighted by Crippen LogP contribution is 2.49. The quantitative estimate of drug-likeness (QED) is 0.726. The van der Waals surface area contributed by atoms with E-state index in [0.717, 1.165) is 35.2 Å². The second-order valence-corrected chi connectivity index (χ2v) is 4.41. The second-order valence-electron chi connectivity index (χ2n) is 4.41. The van der Waals surface area contributed by atoms with Crippen LogP contribution in [0.25, 0.3) is 0 Å². The molecular weight excluding hydrogens is 190 g/mol. The van der Waals surface area contributed by atoms with Crippen molar-refractivity contribution in [3.8, 4) is 0 Å². The summed E-state index contributed by atoms with van der Waals surface area (Å²) in [7, 11) is 0.